The smallest absolute Gasteiger partial charge is 0.227 e. The van der Waals surface area contributed by atoms with Crippen molar-refractivity contribution in [1.82, 2.24) is 5.32 Å². The topological polar surface area (TPSA) is 78.5 Å². The highest BCUT2D eigenvalue weighted by Gasteiger charge is 2.35. The Morgan fingerprint density at radius 2 is 1.96 bits per heavy atom. The molecule has 3 amide bonds. The van der Waals surface area contributed by atoms with Gasteiger partial charge in [0.25, 0.3) is 0 Å². The quantitative estimate of drug-likeness (QED) is 0.839. The SMILES string of the molecule is CCCC(C)NC(=O)C1CC(=O)N(c2ccc(NC(C)=O)cc2)C1. The van der Waals surface area contributed by atoms with Crippen molar-refractivity contribution < 1.29 is 14.4 Å². The highest BCUT2D eigenvalue weighted by Crippen LogP contribution is 2.26. The molecule has 1 fully saturated rings. The van der Waals surface area contributed by atoms with Crippen LogP contribution in [0, 0.1) is 5.92 Å². The Kier molecular flexibility index (Phi) is 5.95. The number of nitrogens with one attached hydrogen (secondary N) is 2. The molecule has 2 rings (SSSR count). The Morgan fingerprint density at radius 1 is 1.29 bits per heavy atom. The molecule has 2 unspecified atom stereocenters. The Labute approximate surface area is 142 Å². The van der Waals surface area contributed by atoms with Gasteiger partial charge in [-0.05, 0) is 37.6 Å². The molecule has 6 heteroatoms. The average Bonchev–Trinajstić information content (AvgIpc) is 2.90. The van der Waals surface area contributed by atoms with Crippen LogP contribution in [0.2, 0.25) is 0 Å². The minimum atomic E-state index is -0.313. The summed E-state index contributed by atoms with van der Waals surface area (Å²) in [5.41, 5.74) is 1.42. The Balaban J connectivity index is 1.99. The lowest BCUT2D eigenvalue weighted by Gasteiger charge is -2.18. The van der Waals surface area contributed by atoms with E-state index in [9.17, 15) is 14.4 Å². The molecular formula is C18H25N3O3. The van der Waals surface area contributed by atoms with Crippen molar-refractivity contribution in [2.24, 2.45) is 5.92 Å². The number of hydrogen-bond donors (Lipinski definition) is 2. The Morgan fingerprint density at radius 3 is 2.54 bits per heavy atom. The van der Waals surface area contributed by atoms with Gasteiger partial charge in [0.2, 0.25) is 17.7 Å². The zero-order valence-electron chi connectivity index (χ0n) is 14.5. The maximum Gasteiger partial charge on any atom is 0.227 e. The molecule has 0 saturated carbocycles. The van der Waals surface area contributed by atoms with Gasteiger partial charge in [0.1, 0.15) is 0 Å². The van der Waals surface area contributed by atoms with Crippen molar-refractivity contribution in [1.29, 1.82) is 0 Å². The molecule has 0 spiro atoms. The highest BCUT2D eigenvalue weighted by atomic mass is 16.2. The fourth-order valence-electron chi connectivity index (χ4n) is 2.93. The van der Waals surface area contributed by atoms with Gasteiger partial charge in [-0.1, -0.05) is 13.3 Å². The van der Waals surface area contributed by atoms with E-state index >= 15 is 0 Å². The molecule has 6 nitrogen and oxygen atoms in total. The van der Waals surface area contributed by atoms with E-state index in [0.29, 0.717) is 12.2 Å². The zero-order valence-corrected chi connectivity index (χ0v) is 14.5. The predicted molar refractivity (Wildman–Crippen MR) is 93.7 cm³/mol. The van der Waals surface area contributed by atoms with Gasteiger partial charge < -0.3 is 15.5 Å². The molecule has 1 saturated heterocycles. The van der Waals surface area contributed by atoms with E-state index in [0.717, 1.165) is 18.5 Å². The number of benzene rings is 1. The van der Waals surface area contributed by atoms with Crippen molar-refractivity contribution in [2.45, 2.75) is 46.1 Å². The van der Waals surface area contributed by atoms with Crippen LogP contribution in [-0.2, 0) is 14.4 Å². The van der Waals surface area contributed by atoms with Crippen molar-refractivity contribution >= 4 is 29.1 Å². The van der Waals surface area contributed by atoms with Crippen LogP contribution in [0.1, 0.15) is 40.0 Å². The molecule has 1 heterocycles. The summed E-state index contributed by atoms with van der Waals surface area (Å²) < 4.78 is 0. The van der Waals surface area contributed by atoms with Crippen LogP contribution in [-0.4, -0.2) is 30.3 Å². The van der Waals surface area contributed by atoms with Crippen LogP contribution in [0.5, 0.6) is 0 Å². The minimum absolute atomic E-state index is 0.0504. The Hall–Kier alpha value is -2.37. The van der Waals surface area contributed by atoms with Crippen LogP contribution in [0.4, 0.5) is 11.4 Å². The van der Waals surface area contributed by atoms with E-state index in [-0.39, 0.29) is 36.1 Å². The molecule has 1 aromatic rings. The van der Waals surface area contributed by atoms with Crippen LogP contribution in [0.3, 0.4) is 0 Å². The van der Waals surface area contributed by atoms with Crippen LogP contribution in [0.25, 0.3) is 0 Å². The van der Waals surface area contributed by atoms with E-state index in [2.05, 4.69) is 17.6 Å². The molecule has 0 aromatic heterocycles. The summed E-state index contributed by atoms with van der Waals surface area (Å²) >= 11 is 0. The molecule has 0 bridgehead atoms. The molecule has 24 heavy (non-hydrogen) atoms. The van der Waals surface area contributed by atoms with Gasteiger partial charge in [-0.25, -0.2) is 0 Å². The number of amides is 3. The molecule has 0 aliphatic carbocycles. The summed E-state index contributed by atoms with van der Waals surface area (Å²) in [5, 5.41) is 5.67. The molecule has 130 valence electrons. The first-order chi connectivity index (χ1) is 11.4. The largest absolute Gasteiger partial charge is 0.353 e. The standard InChI is InChI=1S/C18H25N3O3/c1-4-5-12(2)19-18(24)14-10-17(23)21(11-14)16-8-6-15(7-9-16)20-13(3)22/h6-9,12,14H,4-5,10-11H2,1-3H3,(H,19,24)(H,20,22). The van der Waals surface area contributed by atoms with Gasteiger partial charge in [-0.3, -0.25) is 14.4 Å². The van der Waals surface area contributed by atoms with E-state index in [4.69, 9.17) is 0 Å². The molecule has 0 radical (unpaired) electrons. The number of anilines is 2. The number of rotatable bonds is 6. The fraction of sp³-hybridized carbons (Fsp3) is 0.500. The van der Waals surface area contributed by atoms with Gasteiger partial charge in [-0.15, -0.1) is 0 Å². The lowest BCUT2D eigenvalue weighted by Crippen LogP contribution is -2.38. The number of nitrogens with zero attached hydrogens (tertiary/aromatic N) is 1. The molecule has 1 aliphatic heterocycles. The Bertz CT molecular complexity index is 612. The van der Waals surface area contributed by atoms with Gasteiger partial charge in [-0.2, -0.15) is 0 Å². The second kappa shape index (κ2) is 7.95. The summed E-state index contributed by atoms with van der Waals surface area (Å²) in [7, 11) is 0. The van der Waals surface area contributed by atoms with Gasteiger partial charge in [0.15, 0.2) is 0 Å². The number of carbonyl (C=O) groups excluding carboxylic acids is 3. The highest BCUT2D eigenvalue weighted by molar-refractivity contribution is 6.00. The lowest BCUT2D eigenvalue weighted by atomic mass is 10.1. The summed E-state index contributed by atoms with van der Waals surface area (Å²) in [6.07, 6.45) is 2.18. The number of carbonyl (C=O) groups is 3. The monoisotopic (exact) mass is 331 g/mol. The van der Waals surface area contributed by atoms with Gasteiger partial charge in [0.05, 0.1) is 5.92 Å². The third-order valence-electron chi connectivity index (χ3n) is 4.11. The molecule has 2 atom stereocenters. The normalized spacial score (nSPS) is 18.4. The molecule has 2 N–H and O–H groups in total. The average molecular weight is 331 g/mol. The van der Waals surface area contributed by atoms with Crippen LogP contribution < -0.4 is 15.5 Å². The fourth-order valence-corrected chi connectivity index (χ4v) is 2.93. The summed E-state index contributed by atoms with van der Waals surface area (Å²) in [6, 6.07) is 7.19. The van der Waals surface area contributed by atoms with Crippen LogP contribution in [0.15, 0.2) is 24.3 Å². The minimum Gasteiger partial charge on any atom is -0.353 e. The first-order valence-corrected chi connectivity index (χ1v) is 8.39. The third kappa shape index (κ3) is 4.57. The second-order valence-electron chi connectivity index (χ2n) is 6.33. The summed E-state index contributed by atoms with van der Waals surface area (Å²) in [4.78, 5) is 37.2. The maximum atomic E-state index is 12.3. The van der Waals surface area contributed by atoms with Crippen molar-refractivity contribution in [3.8, 4) is 0 Å². The summed E-state index contributed by atoms with van der Waals surface area (Å²) in [5.74, 6) is -0.558. The van der Waals surface area contributed by atoms with Crippen molar-refractivity contribution in [3.05, 3.63) is 24.3 Å². The van der Waals surface area contributed by atoms with Crippen LogP contribution >= 0.6 is 0 Å². The molecular weight excluding hydrogens is 306 g/mol. The first kappa shape index (κ1) is 18.0. The zero-order chi connectivity index (χ0) is 17.7. The third-order valence-corrected chi connectivity index (χ3v) is 4.11. The van der Waals surface area contributed by atoms with E-state index in [1.165, 1.54) is 6.92 Å². The van der Waals surface area contributed by atoms with E-state index in [1.807, 2.05) is 6.92 Å². The lowest BCUT2D eigenvalue weighted by molar-refractivity contribution is -0.126. The maximum absolute atomic E-state index is 12.3. The van der Waals surface area contributed by atoms with Gasteiger partial charge in [0, 0.05) is 37.3 Å². The number of hydrogen-bond acceptors (Lipinski definition) is 3. The first-order valence-electron chi connectivity index (χ1n) is 8.39. The summed E-state index contributed by atoms with van der Waals surface area (Å²) in [6.45, 7) is 5.90. The van der Waals surface area contributed by atoms with Crippen molar-refractivity contribution in [2.75, 3.05) is 16.8 Å². The van der Waals surface area contributed by atoms with Crippen molar-refractivity contribution in [3.63, 3.8) is 0 Å². The second-order valence-corrected chi connectivity index (χ2v) is 6.33. The molecule has 1 aliphatic rings. The molecule has 1 aromatic carbocycles. The predicted octanol–water partition coefficient (Wildman–Crippen LogP) is 2.30. The van der Waals surface area contributed by atoms with Gasteiger partial charge >= 0.3 is 0 Å². The van der Waals surface area contributed by atoms with E-state index in [1.54, 1.807) is 29.2 Å². The van der Waals surface area contributed by atoms with E-state index < -0.39 is 0 Å².